The number of hydrogen-bond donors (Lipinski definition) is 1. The fraction of sp³-hybridized carbons (Fsp3) is 0.188. The minimum atomic E-state index is -0.553. The highest BCUT2D eigenvalue weighted by atomic mass is 35.5. The van der Waals surface area contributed by atoms with Crippen molar-refractivity contribution in [2.45, 2.75) is 13.5 Å². The summed E-state index contributed by atoms with van der Waals surface area (Å²) in [4.78, 5) is 11.6. The fourth-order valence-corrected chi connectivity index (χ4v) is 2.22. The summed E-state index contributed by atoms with van der Waals surface area (Å²) in [5.74, 6) is -0.0843. The Morgan fingerprint density at radius 3 is 2.70 bits per heavy atom. The van der Waals surface area contributed by atoms with Gasteiger partial charge in [-0.15, -0.1) is 5.11 Å². The third kappa shape index (κ3) is 5.23. The van der Waals surface area contributed by atoms with Gasteiger partial charge in [-0.05, 0) is 36.8 Å². The maximum atomic E-state index is 11.6. The molecule has 7 heteroatoms. The molecule has 0 saturated heterocycles. The van der Waals surface area contributed by atoms with Crippen LogP contribution in [-0.2, 0) is 11.3 Å². The van der Waals surface area contributed by atoms with E-state index in [1.54, 1.807) is 24.3 Å². The number of azo groups is 1. The molecule has 2 rings (SSSR count). The Balaban J connectivity index is 1.86. The van der Waals surface area contributed by atoms with Crippen molar-refractivity contribution < 1.29 is 14.6 Å². The summed E-state index contributed by atoms with van der Waals surface area (Å²) in [6.45, 7) is 1.69. The molecule has 23 heavy (non-hydrogen) atoms. The maximum Gasteiger partial charge on any atom is 0.301 e. The van der Waals surface area contributed by atoms with Crippen LogP contribution < -0.4 is 4.74 Å². The van der Waals surface area contributed by atoms with Gasteiger partial charge >= 0.3 is 5.91 Å². The molecule has 0 radical (unpaired) electrons. The van der Waals surface area contributed by atoms with Crippen molar-refractivity contribution in [1.29, 1.82) is 0 Å². The van der Waals surface area contributed by atoms with Crippen LogP contribution in [0, 0.1) is 6.92 Å². The second-order valence-electron chi connectivity index (χ2n) is 4.79. The molecule has 0 saturated carbocycles. The number of halogens is 2. The summed E-state index contributed by atoms with van der Waals surface area (Å²) in [5, 5.41) is 17.8. The van der Waals surface area contributed by atoms with E-state index in [1.807, 2.05) is 13.0 Å². The number of phenolic OH excluding ortho intramolecular Hbond substituents is 1. The Morgan fingerprint density at radius 2 is 2.00 bits per heavy atom. The zero-order valence-electron chi connectivity index (χ0n) is 12.3. The number of amides is 1. The van der Waals surface area contributed by atoms with Crippen molar-refractivity contribution in [3.8, 4) is 11.5 Å². The lowest BCUT2D eigenvalue weighted by molar-refractivity contribution is -0.120. The predicted octanol–water partition coefficient (Wildman–Crippen LogP) is 4.57. The number of hydrogen-bond acceptors (Lipinski definition) is 4. The van der Waals surface area contributed by atoms with E-state index in [-0.39, 0.29) is 18.9 Å². The van der Waals surface area contributed by atoms with E-state index in [0.717, 1.165) is 5.56 Å². The van der Waals surface area contributed by atoms with Crippen molar-refractivity contribution in [2.24, 2.45) is 10.2 Å². The molecule has 1 amide bonds. The van der Waals surface area contributed by atoms with Crippen molar-refractivity contribution in [3.05, 3.63) is 57.6 Å². The number of carbonyl (C=O) groups excluding carboxylic acids is 1. The monoisotopic (exact) mass is 352 g/mol. The Labute approximate surface area is 143 Å². The van der Waals surface area contributed by atoms with Gasteiger partial charge in [0.25, 0.3) is 0 Å². The molecule has 0 spiro atoms. The van der Waals surface area contributed by atoms with Gasteiger partial charge in [0, 0.05) is 10.6 Å². The molecule has 0 aliphatic carbocycles. The number of nitrogens with zero attached hydrogens (tertiary/aromatic N) is 2. The fourth-order valence-electron chi connectivity index (χ4n) is 1.76. The molecule has 0 bridgehead atoms. The largest absolute Gasteiger partial charge is 0.508 e. The number of ether oxygens (including phenoxy) is 1. The van der Waals surface area contributed by atoms with E-state index in [1.165, 1.54) is 6.07 Å². The number of phenols is 1. The van der Waals surface area contributed by atoms with Crippen LogP contribution in [0.2, 0.25) is 10.0 Å². The van der Waals surface area contributed by atoms with Crippen molar-refractivity contribution in [3.63, 3.8) is 0 Å². The van der Waals surface area contributed by atoms with Crippen LogP contribution in [0.15, 0.2) is 46.6 Å². The highest BCUT2D eigenvalue weighted by Gasteiger charge is 2.06. The van der Waals surface area contributed by atoms with Gasteiger partial charge in [0.1, 0.15) is 11.5 Å². The second kappa shape index (κ2) is 7.94. The van der Waals surface area contributed by atoms with Gasteiger partial charge < -0.3 is 9.84 Å². The number of aryl methyl sites for hydroxylation is 1. The Bertz CT molecular complexity index is 748. The maximum absolute atomic E-state index is 11.6. The molecule has 0 unspecified atom stereocenters. The van der Waals surface area contributed by atoms with Gasteiger partial charge in [-0.2, -0.15) is 5.11 Å². The van der Waals surface area contributed by atoms with Gasteiger partial charge in [0.05, 0.1) is 11.6 Å². The summed E-state index contributed by atoms with van der Waals surface area (Å²) in [7, 11) is 0. The minimum absolute atomic E-state index is 0.111. The van der Waals surface area contributed by atoms with Gasteiger partial charge in [0.2, 0.25) is 0 Å². The first-order valence-electron chi connectivity index (χ1n) is 6.72. The van der Waals surface area contributed by atoms with Gasteiger partial charge in [-0.1, -0.05) is 35.3 Å². The molecule has 2 aromatic carbocycles. The normalized spacial score (nSPS) is 10.9. The zero-order chi connectivity index (χ0) is 16.8. The van der Waals surface area contributed by atoms with Crippen LogP contribution >= 0.6 is 23.2 Å². The summed E-state index contributed by atoms with van der Waals surface area (Å²) in [5.41, 5.74) is 1.53. The predicted molar refractivity (Wildman–Crippen MR) is 88.4 cm³/mol. The Hall–Kier alpha value is -2.11. The van der Waals surface area contributed by atoms with E-state index < -0.39 is 5.91 Å². The quantitative estimate of drug-likeness (QED) is 0.801. The van der Waals surface area contributed by atoms with Crippen LogP contribution in [0.3, 0.4) is 0 Å². The average molecular weight is 353 g/mol. The first-order chi connectivity index (χ1) is 11.0. The van der Waals surface area contributed by atoms with E-state index in [2.05, 4.69) is 10.2 Å². The zero-order valence-corrected chi connectivity index (χ0v) is 13.8. The molecule has 0 aromatic heterocycles. The molecule has 0 fully saturated rings. The highest BCUT2D eigenvalue weighted by molar-refractivity contribution is 6.35. The van der Waals surface area contributed by atoms with E-state index in [4.69, 9.17) is 27.9 Å². The first kappa shape index (κ1) is 17.2. The van der Waals surface area contributed by atoms with Crippen molar-refractivity contribution in [1.82, 2.24) is 0 Å². The van der Waals surface area contributed by atoms with E-state index >= 15 is 0 Å². The molecular weight excluding hydrogens is 339 g/mol. The molecule has 1 N–H and O–H groups in total. The number of rotatable bonds is 5. The molecule has 5 nitrogen and oxygen atoms in total. The highest BCUT2D eigenvalue weighted by Crippen LogP contribution is 2.27. The second-order valence-corrected chi connectivity index (χ2v) is 5.63. The SMILES string of the molecule is Cc1ccc(CN=NC(=O)COc2ccc(Cl)cc2Cl)c(O)c1. The summed E-state index contributed by atoms with van der Waals surface area (Å²) < 4.78 is 5.25. The van der Waals surface area contributed by atoms with E-state index in [0.29, 0.717) is 21.4 Å². The summed E-state index contributed by atoms with van der Waals surface area (Å²) >= 11 is 11.7. The standard InChI is InChI=1S/C16H14Cl2N2O3/c1-10-2-3-11(14(21)6-10)8-19-20-16(22)9-23-15-5-4-12(17)7-13(15)18/h2-7,21H,8-9H2,1H3. The van der Waals surface area contributed by atoms with Crippen LogP contribution in [0.4, 0.5) is 0 Å². The Kier molecular flexibility index (Phi) is 5.96. The molecule has 2 aromatic rings. The number of aromatic hydroxyl groups is 1. The minimum Gasteiger partial charge on any atom is -0.508 e. The smallest absolute Gasteiger partial charge is 0.301 e. The molecule has 0 aliphatic rings. The summed E-state index contributed by atoms with van der Waals surface area (Å²) in [6.07, 6.45) is 0. The van der Waals surface area contributed by atoms with Crippen LogP contribution in [0.1, 0.15) is 11.1 Å². The molecule has 0 aliphatic heterocycles. The average Bonchev–Trinajstić information content (AvgIpc) is 2.48. The van der Waals surface area contributed by atoms with Crippen molar-refractivity contribution >= 4 is 29.1 Å². The molecular formula is C16H14Cl2N2O3. The lowest BCUT2D eigenvalue weighted by atomic mass is 10.1. The number of carbonyl (C=O) groups is 1. The molecule has 0 heterocycles. The van der Waals surface area contributed by atoms with Gasteiger partial charge in [-0.25, -0.2) is 0 Å². The Morgan fingerprint density at radius 1 is 1.22 bits per heavy atom. The topological polar surface area (TPSA) is 71.2 Å². The van der Waals surface area contributed by atoms with Crippen LogP contribution in [-0.4, -0.2) is 17.6 Å². The van der Waals surface area contributed by atoms with Gasteiger partial charge in [-0.3, -0.25) is 4.79 Å². The third-order valence-corrected chi connectivity index (χ3v) is 3.44. The van der Waals surface area contributed by atoms with Gasteiger partial charge in [0.15, 0.2) is 6.61 Å². The van der Waals surface area contributed by atoms with Crippen molar-refractivity contribution in [2.75, 3.05) is 6.61 Å². The molecule has 0 atom stereocenters. The van der Waals surface area contributed by atoms with Crippen LogP contribution in [0.25, 0.3) is 0 Å². The first-order valence-corrected chi connectivity index (χ1v) is 7.48. The summed E-state index contributed by atoms with van der Waals surface area (Å²) in [6, 6.07) is 9.90. The number of benzene rings is 2. The van der Waals surface area contributed by atoms with E-state index in [9.17, 15) is 9.90 Å². The molecule has 120 valence electrons. The van der Waals surface area contributed by atoms with Crippen LogP contribution in [0.5, 0.6) is 11.5 Å². The lowest BCUT2D eigenvalue weighted by Crippen LogP contribution is -2.08. The lowest BCUT2D eigenvalue weighted by Gasteiger charge is -2.05. The third-order valence-electron chi connectivity index (χ3n) is 2.91.